The summed E-state index contributed by atoms with van der Waals surface area (Å²) >= 11 is 0. The molecule has 8 nitrogen and oxygen atoms in total. The van der Waals surface area contributed by atoms with Crippen molar-refractivity contribution in [2.45, 2.75) is 0 Å². The third kappa shape index (κ3) is 3.25. The Hall–Kier alpha value is -3.68. The summed E-state index contributed by atoms with van der Waals surface area (Å²) in [7, 11) is 3.02. The van der Waals surface area contributed by atoms with Crippen molar-refractivity contribution in [3.63, 3.8) is 0 Å². The van der Waals surface area contributed by atoms with E-state index in [4.69, 9.17) is 14.2 Å². The summed E-state index contributed by atoms with van der Waals surface area (Å²) in [4.78, 5) is 26.5. The lowest BCUT2D eigenvalue weighted by atomic mass is 10.1. The number of methoxy groups -OCH3 is 2. The van der Waals surface area contributed by atoms with Gasteiger partial charge < -0.3 is 14.2 Å². The minimum atomic E-state index is -0.622. The second-order valence-electron chi connectivity index (χ2n) is 5.22. The number of nitro benzene ring substituents is 1. The molecule has 1 aliphatic rings. The largest absolute Gasteiger partial charge is 0.493 e. The van der Waals surface area contributed by atoms with E-state index in [9.17, 15) is 14.9 Å². The average Bonchev–Trinajstić information content (AvgIpc) is 3.02. The highest BCUT2D eigenvalue weighted by molar-refractivity contribution is 6.13. The second-order valence-corrected chi connectivity index (χ2v) is 5.22. The van der Waals surface area contributed by atoms with Crippen molar-refractivity contribution in [2.24, 2.45) is 4.99 Å². The fraction of sp³-hybridized carbons (Fsp3) is 0.111. The predicted octanol–water partition coefficient (Wildman–Crippen LogP) is 2.96. The topological polar surface area (TPSA) is 100 Å². The van der Waals surface area contributed by atoms with Crippen LogP contribution in [0, 0.1) is 10.1 Å². The summed E-state index contributed by atoms with van der Waals surface area (Å²) < 4.78 is 15.7. The Morgan fingerprint density at radius 2 is 1.85 bits per heavy atom. The Kier molecular flexibility index (Phi) is 4.66. The van der Waals surface area contributed by atoms with E-state index < -0.39 is 10.9 Å². The van der Waals surface area contributed by atoms with Crippen LogP contribution < -0.4 is 9.47 Å². The first kappa shape index (κ1) is 17.2. The number of esters is 1. The van der Waals surface area contributed by atoms with Gasteiger partial charge in [0.05, 0.1) is 19.1 Å². The van der Waals surface area contributed by atoms with E-state index in [2.05, 4.69) is 4.99 Å². The third-order valence-corrected chi connectivity index (χ3v) is 3.67. The van der Waals surface area contributed by atoms with Gasteiger partial charge in [0.1, 0.15) is 0 Å². The van der Waals surface area contributed by atoms with Gasteiger partial charge in [0.25, 0.3) is 5.69 Å². The van der Waals surface area contributed by atoms with Crippen LogP contribution >= 0.6 is 0 Å². The van der Waals surface area contributed by atoms with Crippen LogP contribution in [0.15, 0.2) is 53.2 Å². The summed E-state index contributed by atoms with van der Waals surface area (Å²) in [6, 6.07) is 10.8. The van der Waals surface area contributed by atoms with E-state index in [1.54, 1.807) is 18.2 Å². The Morgan fingerprint density at radius 3 is 2.46 bits per heavy atom. The second kappa shape index (κ2) is 7.06. The number of cyclic esters (lactones) is 1. The van der Waals surface area contributed by atoms with Gasteiger partial charge in [-0.05, 0) is 24.3 Å². The maximum atomic E-state index is 12.1. The molecule has 8 heteroatoms. The molecular weight excluding hydrogens is 340 g/mol. The highest BCUT2D eigenvalue weighted by Crippen LogP contribution is 2.33. The highest BCUT2D eigenvalue weighted by Gasteiger charge is 2.25. The molecule has 0 unspecified atom stereocenters. The first-order valence-corrected chi connectivity index (χ1v) is 7.52. The molecule has 3 rings (SSSR count). The van der Waals surface area contributed by atoms with Crippen molar-refractivity contribution in [3.8, 4) is 11.5 Å². The van der Waals surface area contributed by atoms with Gasteiger partial charge in [-0.15, -0.1) is 0 Å². The van der Waals surface area contributed by atoms with Crippen LogP contribution in [0.3, 0.4) is 0 Å². The normalized spacial score (nSPS) is 14.8. The van der Waals surface area contributed by atoms with E-state index in [1.807, 2.05) is 0 Å². The molecule has 0 aliphatic carbocycles. The summed E-state index contributed by atoms with van der Waals surface area (Å²) in [5.74, 6) is 0.448. The average molecular weight is 354 g/mol. The number of para-hydroxylation sites is 1. The van der Waals surface area contributed by atoms with Gasteiger partial charge in [-0.2, -0.15) is 0 Å². The first-order chi connectivity index (χ1) is 12.5. The Bertz CT molecular complexity index is 931. The van der Waals surface area contributed by atoms with Crippen LogP contribution in [0.2, 0.25) is 0 Å². The number of carbonyl (C=O) groups is 1. The Balaban J connectivity index is 1.95. The van der Waals surface area contributed by atoms with Crippen LogP contribution in [0.4, 0.5) is 5.69 Å². The molecule has 0 saturated carbocycles. The predicted molar refractivity (Wildman–Crippen MR) is 93.2 cm³/mol. The highest BCUT2D eigenvalue weighted by atomic mass is 16.6. The van der Waals surface area contributed by atoms with Gasteiger partial charge >= 0.3 is 5.97 Å². The molecule has 0 atom stereocenters. The first-order valence-electron chi connectivity index (χ1n) is 7.52. The molecule has 0 fully saturated rings. The molecule has 2 aromatic rings. The fourth-order valence-electron chi connectivity index (χ4n) is 2.43. The zero-order chi connectivity index (χ0) is 18.7. The molecular formula is C18H14N2O6. The van der Waals surface area contributed by atoms with E-state index in [0.717, 1.165) is 0 Å². The van der Waals surface area contributed by atoms with Crippen LogP contribution in [-0.4, -0.2) is 31.0 Å². The molecule has 0 amide bonds. The number of nitro groups is 1. The maximum Gasteiger partial charge on any atom is 0.363 e. The van der Waals surface area contributed by atoms with Crippen LogP contribution in [-0.2, 0) is 9.53 Å². The quantitative estimate of drug-likeness (QED) is 0.354. The maximum absolute atomic E-state index is 12.1. The van der Waals surface area contributed by atoms with Gasteiger partial charge in [-0.1, -0.05) is 12.1 Å². The number of ether oxygens (including phenoxy) is 3. The van der Waals surface area contributed by atoms with Crippen molar-refractivity contribution in [1.82, 2.24) is 0 Å². The van der Waals surface area contributed by atoms with Gasteiger partial charge in [0.15, 0.2) is 17.2 Å². The van der Waals surface area contributed by atoms with Gasteiger partial charge in [-0.3, -0.25) is 10.1 Å². The molecule has 0 saturated heterocycles. The SMILES string of the molecule is COc1cccc(/C=C2\N=C(c3ccc([N+](=O)[O-])cc3)OC2=O)c1OC. The zero-order valence-electron chi connectivity index (χ0n) is 14.0. The fourth-order valence-corrected chi connectivity index (χ4v) is 2.43. The molecule has 0 N–H and O–H groups in total. The molecule has 0 aromatic heterocycles. The molecule has 1 heterocycles. The van der Waals surface area contributed by atoms with Crippen molar-refractivity contribution in [2.75, 3.05) is 14.2 Å². The van der Waals surface area contributed by atoms with Crippen LogP contribution in [0.25, 0.3) is 6.08 Å². The number of nitrogens with zero attached hydrogens (tertiary/aromatic N) is 2. The van der Waals surface area contributed by atoms with Gasteiger partial charge in [0.2, 0.25) is 5.90 Å². The Labute approximate surface area is 148 Å². The summed E-state index contributed by atoms with van der Waals surface area (Å²) in [6.45, 7) is 0. The smallest absolute Gasteiger partial charge is 0.363 e. The van der Waals surface area contributed by atoms with E-state index in [1.165, 1.54) is 44.6 Å². The number of rotatable bonds is 5. The van der Waals surface area contributed by atoms with Crippen LogP contribution in [0.5, 0.6) is 11.5 Å². The minimum Gasteiger partial charge on any atom is -0.493 e. The molecule has 26 heavy (non-hydrogen) atoms. The summed E-state index contributed by atoms with van der Waals surface area (Å²) in [6.07, 6.45) is 1.53. The number of hydrogen-bond donors (Lipinski definition) is 0. The van der Waals surface area contributed by atoms with Crippen LogP contribution in [0.1, 0.15) is 11.1 Å². The van der Waals surface area contributed by atoms with Gasteiger partial charge in [0, 0.05) is 23.3 Å². The monoisotopic (exact) mass is 354 g/mol. The number of non-ortho nitro benzene ring substituents is 1. The molecule has 0 spiro atoms. The lowest BCUT2D eigenvalue weighted by molar-refractivity contribution is -0.384. The number of aliphatic imine (C=N–C) groups is 1. The van der Waals surface area contributed by atoms with Gasteiger partial charge in [-0.25, -0.2) is 9.79 Å². The third-order valence-electron chi connectivity index (χ3n) is 3.67. The molecule has 0 radical (unpaired) electrons. The molecule has 0 bridgehead atoms. The molecule has 2 aromatic carbocycles. The summed E-state index contributed by atoms with van der Waals surface area (Å²) in [5.41, 5.74) is 1.10. The molecule has 1 aliphatic heterocycles. The van der Waals surface area contributed by atoms with E-state index in [0.29, 0.717) is 22.6 Å². The number of hydrogen-bond acceptors (Lipinski definition) is 7. The van der Waals surface area contributed by atoms with Crippen molar-refractivity contribution in [3.05, 3.63) is 69.4 Å². The van der Waals surface area contributed by atoms with E-state index in [-0.39, 0.29) is 17.3 Å². The summed E-state index contributed by atoms with van der Waals surface area (Å²) in [5, 5.41) is 10.7. The standard InChI is InChI=1S/C18H14N2O6/c1-24-15-5-3-4-12(16(15)25-2)10-14-18(21)26-17(19-14)11-6-8-13(9-7-11)20(22)23/h3-10H,1-2H3/b14-10-. The van der Waals surface area contributed by atoms with E-state index >= 15 is 0 Å². The minimum absolute atomic E-state index is 0.0597. The number of carbonyl (C=O) groups excluding carboxylic acids is 1. The molecule has 132 valence electrons. The van der Waals surface area contributed by atoms with Crippen molar-refractivity contribution in [1.29, 1.82) is 0 Å². The lowest BCUT2D eigenvalue weighted by Crippen LogP contribution is -2.05. The van der Waals surface area contributed by atoms with Crippen molar-refractivity contribution >= 4 is 23.6 Å². The zero-order valence-corrected chi connectivity index (χ0v) is 14.0. The lowest BCUT2D eigenvalue weighted by Gasteiger charge is -2.09. The Morgan fingerprint density at radius 1 is 1.12 bits per heavy atom. The van der Waals surface area contributed by atoms with Crippen molar-refractivity contribution < 1.29 is 23.9 Å². The number of benzene rings is 2.